The van der Waals surface area contributed by atoms with Gasteiger partial charge in [0.1, 0.15) is 12.1 Å². The maximum atomic E-state index is 11.6. The standard InChI is InChI=1S/C17H16N6O2/c1-11-5-3-7-13(9-11)21-16-15(23(24)25)17(19-10-18-16)22-14-8-4-6-12(2)20-14/h3-10H,1-2H3,(H2,18,19,20,21,22). The number of nitrogens with zero attached hydrogens (tertiary/aromatic N) is 4. The van der Waals surface area contributed by atoms with Crippen LogP contribution in [0.4, 0.5) is 28.8 Å². The molecule has 3 rings (SSSR count). The molecule has 0 saturated carbocycles. The van der Waals surface area contributed by atoms with Crippen LogP contribution in [0.2, 0.25) is 0 Å². The molecule has 0 spiro atoms. The molecule has 0 aliphatic rings. The Labute approximate surface area is 144 Å². The molecule has 0 saturated heterocycles. The fraction of sp³-hybridized carbons (Fsp3) is 0.118. The molecule has 2 aromatic heterocycles. The first-order valence-corrected chi connectivity index (χ1v) is 7.56. The maximum Gasteiger partial charge on any atom is 0.353 e. The average molecular weight is 336 g/mol. The molecule has 8 nitrogen and oxygen atoms in total. The summed E-state index contributed by atoms with van der Waals surface area (Å²) in [6.07, 6.45) is 1.27. The van der Waals surface area contributed by atoms with Gasteiger partial charge in [-0.1, -0.05) is 18.2 Å². The quantitative estimate of drug-likeness (QED) is 0.538. The van der Waals surface area contributed by atoms with E-state index in [1.165, 1.54) is 6.33 Å². The summed E-state index contributed by atoms with van der Waals surface area (Å²) in [7, 11) is 0. The van der Waals surface area contributed by atoms with Gasteiger partial charge in [0, 0.05) is 11.4 Å². The smallest absolute Gasteiger partial charge is 0.334 e. The topological polar surface area (TPSA) is 106 Å². The third-order valence-corrected chi connectivity index (χ3v) is 3.42. The molecule has 0 unspecified atom stereocenters. The van der Waals surface area contributed by atoms with Crippen LogP contribution in [0.1, 0.15) is 11.3 Å². The molecular weight excluding hydrogens is 320 g/mol. The Morgan fingerprint density at radius 1 is 1.00 bits per heavy atom. The predicted molar refractivity (Wildman–Crippen MR) is 95.4 cm³/mol. The number of hydrogen-bond donors (Lipinski definition) is 2. The zero-order valence-corrected chi connectivity index (χ0v) is 13.7. The fourth-order valence-corrected chi connectivity index (χ4v) is 2.33. The minimum atomic E-state index is -0.518. The van der Waals surface area contributed by atoms with Gasteiger partial charge < -0.3 is 10.6 Å². The Bertz CT molecular complexity index is 863. The number of anilines is 4. The number of aryl methyl sites for hydroxylation is 2. The van der Waals surface area contributed by atoms with Crippen molar-refractivity contribution in [1.82, 2.24) is 15.0 Å². The number of nitro groups is 1. The Kier molecular flexibility index (Phi) is 4.51. The maximum absolute atomic E-state index is 11.6. The normalized spacial score (nSPS) is 10.3. The van der Waals surface area contributed by atoms with Crippen LogP contribution in [-0.2, 0) is 0 Å². The van der Waals surface area contributed by atoms with Gasteiger partial charge in [0.15, 0.2) is 0 Å². The monoisotopic (exact) mass is 336 g/mol. The molecule has 0 fully saturated rings. The molecule has 0 radical (unpaired) electrons. The number of rotatable bonds is 5. The van der Waals surface area contributed by atoms with Gasteiger partial charge in [-0.2, -0.15) is 0 Å². The second-order valence-electron chi connectivity index (χ2n) is 5.46. The summed E-state index contributed by atoms with van der Waals surface area (Å²) in [6, 6.07) is 12.9. The highest BCUT2D eigenvalue weighted by atomic mass is 16.6. The number of pyridine rings is 1. The van der Waals surface area contributed by atoms with Crippen LogP contribution < -0.4 is 10.6 Å². The summed E-state index contributed by atoms with van der Waals surface area (Å²) in [4.78, 5) is 23.4. The Hall–Kier alpha value is -3.55. The molecule has 2 N–H and O–H groups in total. The largest absolute Gasteiger partial charge is 0.353 e. The van der Waals surface area contributed by atoms with Crippen LogP contribution in [0.25, 0.3) is 0 Å². The average Bonchev–Trinajstić information content (AvgIpc) is 2.55. The lowest BCUT2D eigenvalue weighted by atomic mass is 10.2. The molecule has 8 heteroatoms. The van der Waals surface area contributed by atoms with Gasteiger partial charge in [-0.3, -0.25) is 10.1 Å². The van der Waals surface area contributed by atoms with Crippen LogP contribution in [0.3, 0.4) is 0 Å². The van der Waals surface area contributed by atoms with Crippen LogP contribution in [0.15, 0.2) is 48.8 Å². The second-order valence-corrected chi connectivity index (χ2v) is 5.46. The van der Waals surface area contributed by atoms with E-state index in [0.29, 0.717) is 11.5 Å². The first kappa shape index (κ1) is 16.3. The Balaban J connectivity index is 1.98. The fourth-order valence-electron chi connectivity index (χ4n) is 2.33. The minimum Gasteiger partial charge on any atom is -0.334 e. The van der Waals surface area contributed by atoms with Crippen LogP contribution in [-0.4, -0.2) is 19.9 Å². The van der Waals surface area contributed by atoms with Gasteiger partial charge in [0.25, 0.3) is 0 Å². The van der Waals surface area contributed by atoms with Crippen molar-refractivity contribution >= 4 is 28.8 Å². The molecule has 0 atom stereocenters. The van der Waals surface area contributed by atoms with E-state index in [2.05, 4.69) is 25.6 Å². The highest BCUT2D eigenvalue weighted by Gasteiger charge is 2.23. The summed E-state index contributed by atoms with van der Waals surface area (Å²) in [5.74, 6) is 0.664. The van der Waals surface area contributed by atoms with E-state index in [4.69, 9.17) is 0 Å². The molecule has 0 aliphatic heterocycles. The molecule has 126 valence electrons. The minimum absolute atomic E-state index is 0.0771. The van der Waals surface area contributed by atoms with E-state index in [9.17, 15) is 10.1 Å². The molecule has 0 amide bonds. The highest BCUT2D eigenvalue weighted by Crippen LogP contribution is 2.32. The molecule has 3 aromatic rings. The van der Waals surface area contributed by atoms with Crippen molar-refractivity contribution in [2.45, 2.75) is 13.8 Å². The van der Waals surface area contributed by atoms with E-state index in [1.807, 2.05) is 50.2 Å². The van der Waals surface area contributed by atoms with Crippen molar-refractivity contribution in [3.05, 3.63) is 70.2 Å². The lowest BCUT2D eigenvalue weighted by Crippen LogP contribution is -2.06. The van der Waals surface area contributed by atoms with E-state index >= 15 is 0 Å². The van der Waals surface area contributed by atoms with E-state index in [1.54, 1.807) is 6.07 Å². The van der Waals surface area contributed by atoms with Gasteiger partial charge in [0.2, 0.25) is 11.6 Å². The van der Waals surface area contributed by atoms with Crippen LogP contribution >= 0.6 is 0 Å². The van der Waals surface area contributed by atoms with Gasteiger partial charge in [-0.15, -0.1) is 0 Å². The Morgan fingerprint density at radius 3 is 2.40 bits per heavy atom. The number of nitrogens with one attached hydrogen (secondary N) is 2. The zero-order chi connectivity index (χ0) is 17.8. The molecular formula is C17H16N6O2. The predicted octanol–water partition coefficient (Wildman–Crippen LogP) is 3.88. The summed E-state index contributed by atoms with van der Waals surface area (Å²) in [6.45, 7) is 3.78. The summed E-state index contributed by atoms with van der Waals surface area (Å²) < 4.78 is 0. The lowest BCUT2D eigenvalue weighted by Gasteiger charge is -2.10. The number of hydrogen-bond acceptors (Lipinski definition) is 7. The molecule has 0 aliphatic carbocycles. The van der Waals surface area contributed by atoms with Crippen molar-refractivity contribution in [3.63, 3.8) is 0 Å². The van der Waals surface area contributed by atoms with E-state index in [-0.39, 0.29) is 17.3 Å². The highest BCUT2D eigenvalue weighted by molar-refractivity contribution is 5.76. The number of benzene rings is 1. The van der Waals surface area contributed by atoms with Crippen molar-refractivity contribution < 1.29 is 4.92 Å². The van der Waals surface area contributed by atoms with Gasteiger partial charge in [0.05, 0.1) is 4.92 Å². The summed E-state index contributed by atoms with van der Waals surface area (Å²) in [5.41, 5.74) is 2.29. The molecule has 25 heavy (non-hydrogen) atoms. The molecule has 0 bridgehead atoms. The van der Waals surface area contributed by atoms with E-state index in [0.717, 1.165) is 11.3 Å². The number of aromatic nitrogens is 3. The second kappa shape index (κ2) is 6.91. The van der Waals surface area contributed by atoms with Gasteiger partial charge in [-0.25, -0.2) is 15.0 Å². The third kappa shape index (κ3) is 3.86. The van der Waals surface area contributed by atoms with E-state index < -0.39 is 4.92 Å². The van der Waals surface area contributed by atoms with Crippen molar-refractivity contribution in [2.24, 2.45) is 0 Å². The van der Waals surface area contributed by atoms with Crippen LogP contribution in [0, 0.1) is 24.0 Å². The van der Waals surface area contributed by atoms with Crippen LogP contribution in [0.5, 0.6) is 0 Å². The van der Waals surface area contributed by atoms with Gasteiger partial charge >= 0.3 is 5.69 Å². The van der Waals surface area contributed by atoms with Crippen molar-refractivity contribution in [2.75, 3.05) is 10.6 Å². The van der Waals surface area contributed by atoms with Gasteiger partial charge in [-0.05, 0) is 43.7 Å². The lowest BCUT2D eigenvalue weighted by molar-refractivity contribution is -0.383. The molecule has 1 aromatic carbocycles. The first-order valence-electron chi connectivity index (χ1n) is 7.56. The first-order chi connectivity index (χ1) is 12.0. The molecule has 2 heterocycles. The third-order valence-electron chi connectivity index (χ3n) is 3.42. The summed E-state index contributed by atoms with van der Waals surface area (Å²) in [5, 5.41) is 17.4. The van der Waals surface area contributed by atoms with Crippen molar-refractivity contribution in [1.29, 1.82) is 0 Å². The zero-order valence-electron chi connectivity index (χ0n) is 13.7. The summed E-state index contributed by atoms with van der Waals surface area (Å²) >= 11 is 0. The SMILES string of the molecule is Cc1cccc(Nc2ncnc(Nc3cccc(C)n3)c2[N+](=O)[O-])c1. The Morgan fingerprint density at radius 2 is 1.72 bits per heavy atom. The van der Waals surface area contributed by atoms with Crippen molar-refractivity contribution in [3.8, 4) is 0 Å².